The highest BCUT2D eigenvalue weighted by Crippen LogP contribution is 2.32. The molecule has 2 aliphatic rings. The van der Waals surface area contributed by atoms with Gasteiger partial charge in [-0.25, -0.2) is 0 Å². The summed E-state index contributed by atoms with van der Waals surface area (Å²) in [6.07, 6.45) is 3.48. The lowest BCUT2D eigenvalue weighted by molar-refractivity contribution is -0.141. The van der Waals surface area contributed by atoms with Gasteiger partial charge in [0.1, 0.15) is 5.78 Å². The Bertz CT molecular complexity index is 373. The lowest BCUT2D eigenvalue weighted by Crippen LogP contribution is -2.35. The first-order valence-corrected chi connectivity index (χ1v) is 6.29. The fourth-order valence-electron chi connectivity index (χ4n) is 2.73. The van der Waals surface area contributed by atoms with Gasteiger partial charge in [0.25, 0.3) is 0 Å². The van der Waals surface area contributed by atoms with Gasteiger partial charge in [-0.2, -0.15) is 0 Å². The lowest BCUT2D eigenvalue weighted by atomic mass is 9.92. The Kier molecular flexibility index (Phi) is 3.06. The second kappa shape index (κ2) is 4.24. The molecule has 0 bridgehead atoms. The molecule has 0 spiro atoms. The van der Waals surface area contributed by atoms with Crippen LogP contribution in [0.25, 0.3) is 0 Å². The molecular weight excluding hydrogens is 218 g/mol. The molecule has 17 heavy (non-hydrogen) atoms. The summed E-state index contributed by atoms with van der Waals surface area (Å²) in [4.78, 5) is 36.5. The second-order valence-corrected chi connectivity index (χ2v) is 5.76. The maximum Gasteiger partial charge on any atom is 0.235 e. The third kappa shape index (κ3) is 2.26. The highest BCUT2D eigenvalue weighted by Gasteiger charge is 2.44. The topological polar surface area (TPSA) is 54.5 Å². The number of likely N-dealkylation sites (tertiary alicyclic amines) is 1. The number of hydrogen-bond donors (Lipinski definition) is 0. The van der Waals surface area contributed by atoms with Crippen LogP contribution in [-0.2, 0) is 14.4 Å². The van der Waals surface area contributed by atoms with Gasteiger partial charge >= 0.3 is 0 Å². The van der Waals surface area contributed by atoms with Gasteiger partial charge in [0.2, 0.25) is 11.8 Å². The summed E-state index contributed by atoms with van der Waals surface area (Å²) in [5.41, 5.74) is -0.559. The van der Waals surface area contributed by atoms with Gasteiger partial charge in [0.05, 0.1) is 5.41 Å². The van der Waals surface area contributed by atoms with Crippen LogP contribution in [0.5, 0.6) is 0 Å². The molecule has 2 amide bonds. The minimum absolute atomic E-state index is 0.0688. The number of carbonyl (C=O) groups excluding carboxylic acids is 3. The van der Waals surface area contributed by atoms with Crippen LogP contribution in [0.1, 0.15) is 46.0 Å². The zero-order chi connectivity index (χ0) is 12.6. The minimum atomic E-state index is -0.559. The average molecular weight is 237 g/mol. The average Bonchev–Trinajstić information content (AvgIpc) is 2.70. The van der Waals surface area contributed by atoms with Crippen molar-refractivity contribution < 1.29 is 14.4 Å². The van der Waals surface area contributed by atoms with Gasteiger partial charge in [-0.1, -0.05) is 13.8 Å². The van der Waals surface area contributed by atoms with Crippen LogP contribution in [0, 0.1) is 11.3 Å². The molecule has 2 fully saturated rings. The number of imide groups is 1. The van der Waals surface area contributed by atoms with Gasteiger partial charge in [-0.3, -0.25) is 19.3 Å². The van der Waals surface area contributed by atoms with Gasteiger partial charge in [-0.05, 0) is 19.3 Å². The van der Waals surface area contributed by atoms with Crippen molar-refractivity contribution in [1.82, 2.24) is 4.90 Å². The van der Waals surface area contributed by atoms with Crippen LogP contribution in [0.3, 0.4) is 0 Å². The summed E-state index contributed by atoms with van der Waals surface area (Å²) < 4.78 is 0. The van der Waals surface area contributed by atoms with E-state index in [-0.39, 0.29) is 17.7 Å². The van der Waals surface area contributed by atoms with Crippen molar-refractivity contribution in [3.8, 4) is 0 Å². The van der Waals surface area contributed by atoms with Crippen molar-refractivity contribution in [2.24, 2.45) is 11.3 Å². The van der Waals surface area contributed by atoms with E-state index in [1.165, 1.54) is 4.90 Å². The predicted octanol–water partition coefficient (Wildman–Crippen LogP) is 1.53. The quantitative estimate of drug-likeness (QED) is 0.699. The standard InChI is InChI=1S/C13H19NO3/c1-13(2)8-11(16)14(12(13)17)7-6-9-4-3-5-10(9)15/h9H,3-8H2,1-2H3. The third-order valence-electron chi connectivity index (χ3n) is 3.85. The van der Waals surface area contributed by atoms with Crippen molar-refractivity contribution in [3.63, 3.8) is 0 Å². The monoisotopic (exact) mass is 237 g/mol. The number of nitrogens with zero attached hydrogens (tertiary/aromatic N) is 1. The minimum Gasteiger partial charge on any atom is -0.299 e. The Balaban J connectivity index is 1.93. The molecule has 4 heteroatoms. The van der Waals surface area contributed by atoms with E-state index in [0.717, 1.165) is 12.8 Å². The summed E-state index contributed by atoms with van der Waals surface area (Å²) in [6, 6.07) is 0. The van der Waals surface area contributed by atoms with Crippen LogP contribution >= 0.6 is 0 Å². The molecule has 1 heterocycles. The molecule has 1 aliphatic carbocycles. The Labute approximate surface area is 101 Å². The van der Waals surface area contributed by atoms with E-state index in [0.29, 0.717) is 31.6 Å². The molecule has 0 N–H and O–H groups in total. The highest BCUT2D eigenvalue weighted by molar-refractivity contribution is 6.05. The number of amides is 2. The van der Waals surface area contributed by atoms with Crippen molar-refractivity contribution in [3.05, 3.63) is 0 Å². The summed E-state index contributed by atoms with van der Waals surface area (Å²) in [5.74, 6) is 0.182. The lowest BCUT2D eigenvalue weighted by Gasteiger charge is -2.19. The van der Waals surface area contributed by atoms with Gasteiger partial charge in [-0.15, -0.1) is 0 Å². The van der Waals surface area contributed by atoms with E-state index < -0.39 is 5.41 Å². The van der Waals surface area contributed by atoms with E-state index in [1.54, 1.807) is 13.8 Å². The van der Waals surface area contributed by atoms with E-state index in [9.17, 15) is 14.4 Å². The molecular formula is C13H19NO3. The van der Waals surface area contributed by atoms with Crippen LogP contribution in [0.15, 0.2) is 0 Å². The van der Waals surface area contributed by atoms with Gasteiger partial charge in [0, 0.05) is 25.3 Å². The predicted molar refractivity (Wildman–Crippen MR) is 62.1 cm³/mol. The number of rotatable bonds is 3. The first-order chi connectivity index (χ1) is 7.92. The molecule has 1 saturated carbocycles. The fraction of sp³-hybridized carbons (Fsp3) is 0.769. The number of Topliss-reactive ketones (excluding diaryl/α,β-unsaturated/α-hetero) is 1. The fourth-order valence-corrected chi connectivity index (χ4v) is 2.73. The van der Waals surface area contributed by atoms with Crippen molar-refractivity contribution in [2.45, 2.75) is 46.0 Å². The molecule has 1 atom stereocenters. The largest absolute Gasteiger partial charge is 0.299 e. The maximum atomic E-state index is 11.9. The van der Waals surface area contributed by atoms with Crippen LogP contribution in [0.2, 0.25) is 0 Å². The molecule has 0 radical (unpaired) electrons. The smallest absolute Gasteiger partial charge is 0.235 e. The number of carbonyl (C=O) groups is 3. The third-order valence-corrected chi connectivity index (χ3v) is 3.85. The molecule has 0 aromatic rings. The molecule has 94 valence electrons. The molecule has 1 aliphatic heterocycles. The van der Waals surface area contributed by atoms with Crippen molar-refractivity contribution in [2.75, 3.05) is 6.54 Å². The Morgan fingerprint density at radius 2 is 2.00 bits per heavy atom. The van der Waals surface area contributed by atoms with Gasteiger partial charge in [0.15, 0.2) is 0 Å². The zero-order valence-corrected chi connectivity index (χ0v) is 10.5. The molecule has 2 rings (SSSR count). The highest BCUT2D eigenvalue weighted by atomic mass is 16.2. The number of ketones is 1. The summed E-state index contributed by atoms with van der Waals surface area (Å²) in [5, 5.41) is 0. The van der Waals surface area contributed by atoms with Gasteiger partial charge < -0.3 is 0 Å². The number of hydrogen-bond acceptors (Lipinski definition) is 3. The molecule has 0 aromatic heterocycles. The first kappa shape index (κ1) is 12.3. The van der Waals surface area contributed by atoms with E-state index in [4.69, 9.17) is 0 Å². The molecule has 1 saturated heterocycles. The summed E-state index contributed by atoms with van der Waals surface area (Å²) in [7, 11) is 0. The Morgan fingerprint density at radius 1 is 1.29 bits per heavy atom. The Morgan fingerprint density at radius 3 is 2.47 bits per heavy atom. The van der Waals surface area contributed by atoms with Crippen LogP contribution < -0.4 is 0 Å². The normalized spacial score (nSPS) is 28.2. The Hall–Kier alpha value is -1.19. The zero-order valence-electron chi connectivity index (χ0n) is 10.5. The van der Waals surface area contributed by atoms with Crippen LogP contribution in [-0.4, -0.2) is 29.0 Å². The molecule has 1 unspecified atom stereocenters. The first-order valence-electron chi connectivity index (χ1n) is 6.29. The molecule has 0 aromatic carbocycles. The van der Waals surface area contributed by atoms with Crippen molar-refractivity contribution in [1.29, 1.82) is 0 Å². The molecule has 4 nitrogen and oxygen atoms in total. The van der Waals surface area contributed by atoms with E-state index >= 15 is 0 Å². The van der Waals surface area contributed by atoms with E-state index in [2.05, 4.69) is 0 Å². The second-order valence-electron chi connectivity index (χ2n) is 5.76. The van der Waals surface area contributed by atoms with E-state index in [1.807, 2.05) is 0 Å². The van der Waals surface area contributed by atoms with Crippen molar-refractivity contribution >= 4 is 17.6 Å². The van der Waals surface area contributed by atoms with Crippen LogP contribution in [0.4, 0.5) is 0 Å². The maximum absolute atomic E-state index is 11.9. The SMILES string of the molecule is CC1(C)CC(=O)N(CCC2CCCC2=O)C1=O. The summed E-state index contributed by atoms with van der Waals surface area (Å²) in [6.45, 7) is 4.01. The summed E-state index contributed by atoms with van der Waals surface area (Å²) >= 11 is 0.